The number of hydrogen-bond donors (Lipinski definition) is 1. The number of rotatable bonds is 5. The average Bonchev–Trinajstić information content (AvgIpc) is 2.89. The van der Waals surface area contributed by atoms with Gasteiger partial charge < -0.3 is 14.3 Å². The van der Waals surface area contributed by atoms with E-state index in [1.165, 1.54) is 0 Å². The van der Waals surface area contributed by atoms with Crippen LogP contribution in [0.15, 0.2) is 27.5 Å². The van der Waals surface area contributed by atoms with E-state index in [-0.39, 0.29) is 6.04 Å². The minimum atomic E-state index is 0.270. The van der Waals surface area contributed by atoms with Gasteiger partial charge in [0.05, 0.1) is 12.5 Å². The molecular formula is C11H15N3O2. The Morgan fingerprint density at radius 1 is 1.50 bits per heavy atom. The summed E-state index contributed by atoms with van der Waals surface area (Å²) < 4.78 is 9.91. The summed E-state index contributed by atoms with van der Waals surface area (Å²) in [5, 5.41) is 7.19. The van der Waals surface area contributed by atoms with E-state index in [1.807, 2.05) is 6.07 Å². The molecule has 0 aromatic carbocycles. The molecule has 0 radical (unpaired) electrons. The molecule has 0 amide bonds. The second-order valence-corrected chi connectivity index (χ2v) is 3.71. The van der Waals surface area contributed by atoms with Gasteiger partial charge in [0.25, 0.3) is 0 Å². The first kappa shape index (κ1) is 10.9. The van der Waals surface area contributed by atoms with E-state index in [0.29, 0.717) is 5.89 Å². The van der Waals surface area contributed by atoms with Gasteiger partial charge in [-0.3, -0.25) is 0 Å². The van der Waals surface area contributed by atoms with Crippen LogP contribution < -0.4 is 5.32 Å². The Labute approximate surface area is 93.8 Å². The van der Waals surface area contributed by atoms with E-state index >= 15 is 0 Å². The van der Waals surface area contributed by atoms with Crippen molar-refractivity contribution in [2.45, 2.75) is 26.3 Å². The van der Waals surface area contributed by atoms with Gasteiger partial charge in [-0.15, -0.1) is 0 Å². The zero-order valence-corrected chi connectivity index (χ0v) is 9.43. The number of nitrogens with zero attached hydrogens (tertiary/aromatic N) is 2. The van der Waals surface area contributed by atoms with E-state index in [0.717, 1.165) is 24.4 Å². The van der Waals surface area contributed by atoms with Crippen LogP contribution in [0.3, 0.4) is 0 Å². The lowest BCUT2D eigenvalue weighted by molar-refractivity contribution is 0.386. The Kier molecular flexibility index (Phi) is 3.36. The van der Waals surface area contributed by atoms with E-state index in [1.54, 1.807) is 19.5 Å². The van der Waals surface area contributed by atoms with Crippen LogP contribution in [0, 0.1) is 6.92 Å². The number of aryl methyl sites for hydroxylation is 1. The van der Waals surface area contributed by atoms with Crippen LogP contribution >= 0.6 is 0 Å². The highest BCUT2D eigenvalue weighted by atomic mass is 16.5. The van der Waals surface area contributed by atoms with Crippen molar-refractivity contribution in [1.82, 2.24) is 15.5 Å². The van der Waals surface area contributed by atoms with Crippen LogP contribution in [0.4, 0.5) is 0 Å². The van der Waals surface area contributed by atoms with Crippen molar-refractivity contribution in [2.75, 3.05) is 6.54 Å². The summed E-state index contributed by atoms with van der Waals surface area (Å²) in [6, 6.07) is 2.22. The maximum absolute atomic E-state index is 5.02. The maximum Gasteiger partial charge on any atom is 0.223 e. The fraction of sp³-hybridized carbons (Fsp3) is 0.455. The fourth-order valence-corrected chi connectivity index (χ4v) is 1.48. The lowest BCUT2D eigenvalue weighted by Crippen LogP contribution is -2.21. The Morgan fingerprint density at radius 3 is 3.00 bits per heavy atom. The van der Waals surface area contributed by atoms with E-state index in [2.05, 4.69) is 22.4 Å². The molecule has 0 aliphatic heterocycles. The van der Waals surface area contributed by atoms with Crippen molar-refractivity contribution >= 4 is 0 Å². The molecule has 86 valence electrons. The summed E-state index contributed by atoms with van der Waals surface area (Å²) in [6.07, 6.45) is 4.19. The SMILES string of the molecule is Cc1nc(CCNC(C)c2ccoc2)no1. The van der Waals surface area contributed by atoms with Crippen molar-refractivity contribution in [3.63, 3.8) is 0 Å². The standard InChI is InChI=1S/C11H15N3O2/c1-8(10-4-6-15-7-10)12-5-3-11-13-9(2)16-14-11/h4,6-8,12H,3,5H2,1-2H3. The predicted octanol–water partition coefficient (Wildman–Crippen LogP) is 1.86. The molecule has 0 saturated heterocycles. The van der Waals surface area contributed by atoms with Crippen LogP contribution in [0.25, 0.3) is 0 Å². The molecule has 5 nitrogen and oxygen atoms in total. The van der Waals surface area contributed by atoms with Crippen LogP contribution in [0.2, 0.25) is 0 Å². The van der Waals surface area contributed by atoms with Gasteiger partial charge in [-0.1, -0.05) is 5.16 Å². The van der Waals surface area contributed by atoms with Gasteiger partial charge in [0.2, 0.25) is 5.89 Å². The Balaban J connectivity index is 1.76. The monoisotopic (exact) mass is 221 g/mol. The summed E-state index contributed by atoms with van der Waals surface area (Å²) in [5.74, 6) is 1.35. The molecule has 2 aromatic heterocycles. The molecule has 1 atom stereocenters. The first-order valence-electron chi connectivity index (χ1n) is 5.30. The van der Waals surface area contributed by atoms with Crippen molar-refractivity contribution in [3.05, 3.63) is 35.9 Å². The third kappa shape index (κ3) is 2.70. The van der Waals surface area contributed by atoms with Gasteiger partial charge in [-0.2, -0.15) is 4.98 Å². The largest absolute Gasteiger partial charge is 0.472 e. The second-order valence-electron chi connectivity index (χ2n) is 3.71. The van der Waals surface area contributed by atoms with Crippen LogP contribution in [0.5, 0.6) is 0 Å². The summed E-state index contributed by atoms with van der Waals surface area (Å²) in [5.41, 5.74) is 1.14. The van der Waals surface area contributed by atoms with Gasteiger partial charge in [-0.25, -0.2) is 0 Å². The van der Waals surface area contributed by atoms with Gasteiger partial charge in [0.1, 0.15) is 0 Å². The minimum Gasteiger partial charge on any atom is -0.472 e. The zero-order chi connectivity index (χ0) is 11.4. The molecule has 0 aliphatic rings. The molecule has 0 spiro atoms. The third-order valence-corrected chi connectivity index (χ3v) is 2.41. The third-order valence-electron chi connectivity index (χ3n) is 2.41. The molecule has 1 N–H and O–H groups in total. The predicted molar refractivity (Wildman–Crippen MR) is 57.9 cm³/mol. The molecule has 1 unspecified atom stereocenters. The fourth-order valence-electron chi connectivity index (χ4n) is 1.48. The van der Waals surface area contributed by atoms with Crippen molar-refractivity contribution < 1.29 is 8.94 Å². The topological polar surface area (TPSA) is 64.1 Å². The van der Waals surface area contributed by atoms with Gasteiger partial charge >= 0.3 is 0 Å². The first-order chi connectivity index (χ1) is 7.75. The Morgan fingerprint density at radius 2 is 2.38 bits per heavy atom. The molecule has 2 aromatic rings. The van der Waals surface area contributed by atoms with Crippen molar-refractivity contribution in [2.24, 2.45) is 0 Å². The summed E-state index contributed by atoms with van der Waals surface area (Å²) in [4.78, 5) is 4.13. The molecule has 2 heterocycles. The maximum atomic E-state index is 5.02. The Hall–Kier alpha value is -1.62. The van der Waals surface area contributed by atoms with E-state index in [9.17, 15) is 0 Å². The molecule has 0 saturated carbocycles. The lowest BCUT2D eigenvalue weighted by atomic mass is 10.2. The lowest BCUT2D eigenvalue weighted by Gasteiger charge is -2.10. The molecule has 16 heavy (non-hydrogen) atoms. The molecular weight excluding hydrogens is 206 g/mol. The highest BCUT2D eigenvalue weighted by molar-refractivity contribution is 5.10. The van der Waals surface area contributed by atoms with E-state index < -0.39 is 0 Å². The normalized spacial score (nSPS) is 12.9. The molecule has 5 heteroatoms. The Bertz CT molecular complexity index is 422. The molecule has 0 bridgehead atoms. The van der Waals surface area contributed by atoms with Crippen LogP contribution in [-0.4, -0.2) is 16.7 Å². The summed E-state index contributed by atoms with van der Waals surface area (Å²) in [7, 11) is 0. The van der Waals surface area contributed by atoms with E-state index in [4.69, 9.17) is 8.94 Å². The molecule has 0 aliphatic carbocycles. The van der Waals surface area contributed by atoms with Crippen LogP contribution in [-0.2, 0) is 6.42 Å². The van der Waals surface area contributed by atoms with Gasteiger partial charge in [-0.05, 0) is 13.0 Å². The van der Waals surface area contributed by atoms with Gasteiger partial charge in [0, 0.05) is 31.5 Å². The zero-order valence-electron chi connectivity index (χ0n) is 9.43. The van der Waals surface area contributed by atoms with Gasteiger partial charge in [0.15, 0.2) is 5.82 Å². The summed E-state index contributed by atoms with van der Waals surface area (Å²) >= 11 is 0. The quantitative estimate of drug-likeness (QED) is 0.834. The van der Waals surface area contributed by atoms with Crippen molar-refractivity contribution in [3.8, 4) is 0 Å². The molecule has 0 fully saturated rings. The minimum absolute atomic E-state index is 0.270. The number of furan rings is 1. The second kappa shape index (κ2) is 4.94. The first-order valence-corrected chi connectivity index (χ1v) is 5.30. The van der Waals surface area contributed by atoms with Crippen molar-refractivity contribution in [1.29, 1.82) is 0 Å². The van der Waals surface area contributed by atoms with Crippen LogP contribution in [0.1, 0.15) is 30.2 Å². The smallest absolute Gasteiger partial charge is 0.223 e. The summed E-state index contributed by atoms with van der Waals surface area (Å²) in [6.45, 7) is 4.69. The highest BCUT2D eigenvalue weighted by Crippen LogP contribution is 2.11. The number of hydrogen-bond acceptors (Lipinski definition) is 5. The average molecular weight is 221 g/mol. The number of nitrogens with one attached hydrogen (secondary N) is 1. The molecule has 2 rings (SSSR count). The highest BCUT2D eigenvalue weighted by Gasteiger charge is 2.07. The number of aromatic nitrogens is 2.